The van der Waals surface area contributed by atoms with Gasteiger partial charge in [0, 0.05) is 6.61 Å². The topological polar surface area (TPSA) is 20.2 Å². The summed E-state index contributed by atoms with van der Waals surface area (Å²) in [6.07, 6.45) is 5.18. The molecule has 0 aromatic carbocycles. The average Bonchev–Trinajstić information content (AvgIpc) is 2.12. The molecule has 0 unspecified atom stereocenters. The molecule has 1 heteroatoms. The molecule has 0 saturated heterocycles. The molecule has 0 aromatic rings. The normalized spacial score (nSPS) is 12.4. The molecule has 0 aromatic heterocycles. The van der Waals surface area contributed by atoms with E-state index in [4.69, 9.17) is 5.11 Å². The minimum absolute atomic E-state index is 0.0508. The van der Waals surface area contributed by atoms with E-state index in [0.717, 1.165) is 19.3 Å². The standard InChI is InChI=1S/C13H24O/c1-6-7-8-12(2,3)9-10-13(4,5)11-14/h7,14H,1,8-11H2,2-5H3. The van der Waals surface area contributed by atoms with Gasteiger partial charge in [-0.05, 0) is 36.2 Å². The van der Waals surface area contributed by atoms with Crippen molar-refractivity contribution in [2.24, 2.45) is 10.8 Å². The molecular formula is C13H24O. The van der Waals surface area contributed by atoms with Crippen LogP contribution < -0.4 is 0 Å². The summed E-state index contributed by atoms with van der Waals surface area (Å²) in [4.78, 5) is 0. The van der Waals surface area contributed by atoms with E-state index in [0.29, 0.717) is 0 Å². The van der Waals surface area contributed by atoms with E-state index in [-0.39, 0.29) is 17.4 Å². The third kappa shape index (κ3) is 6.01. The molecule has 0 saturated carbocycles. The Morgan fingerprint density at radius 2 is 1.64 bits per heavy atom. The van der Waals surface area contributed by atoms with Gasteiger partial charge in [-0.3, -0.25) is 0 Å². The summed E-state index contributed by atoms with van der Waals surface area (Å²) in [6.45, 7) is 12.5. The van der Waals surface area contributed by atoms with Gasteiger partial charge in [0.25, 0.3) is 0 Å². The van der Waals surface area contributed by atoms with Gasteiger partial charge in [0.2, 0.25) is 0 Å². The molecule has 0 rings (SSSR count). The van der Waals surface area contributed by atoms with Crippen LogP contribution in [-0.2, 0) is 0 Å². The van der Waals surface area contributed by atoms with E-state index < -0.39 is 0 Å². The molecule has 0 aliphatic heterocycles. The molecular weight excluding hydrogens is 172 g/mol. The van der Waals surface area contributed by atoms with E-state index in [1.165, 1.54) is 0 Å². The molecule has 1 nitrogen and oxygen atoms in total. The zero-order chi connectivity index (χ0) is 11.2. The zero-order valence-electron chi connectivity index (χ0n) is 10.1. The SMILES string of the molecule is C=C=CCC(C)(C)CCC(C)(C)CO. The lowest BCUT2D eigenvalue weighted by Gasteiger charge is -2.29. The van der Waals surface area contributed by atoms with Crippen LogP contribution in [0.3, 0.4) is 0 Å². The van der Waals surface area contributed by atoms with Crippen molar-refractivity contribution in [1.82, 2.24) is 0 Å². The third-order valence-electron chi connectivity index (χ3n) is 2.71. The number of rotatable bonds is 6. The predicted octanol–water partition coefficient (Wildman–Crippen LogP) is 3.54. The quantitative estimate of drug-likeness (QED) is 0.644. The molecule has 14 heavy (non-hydrogen) atoms. The van der Waals surface area contributed by atoms with Crippen molar-refractivity contribution in [2.45, 2.75) is 47.0 Å². The molecule has 0 fully saturated rings. The Bertz CT molecular complexity index is 207. The number of allylic oxidation sites excluding steroid dienone is 1. The van der Waals surface area contributed by atoms with Gasteiger partial charge in [-0.15, -0.1) is 5.73 Å². The van der Waals surface area contributed by atoms with Crippen LogP contribution >= 0.6 is 0 Å². The molecule has 82 valence electrons. The minimum Gasteiger partial charge on any atom is -0.396 e. The van der Waals surface area contributed by atoms with Crippen LogP contribution in [0.15, 0.2) is 18.4 Å². The van der Waals surface area contributed by atoms with Crippen molar-refractivity contribution >= 4 is 0 Å². The van der Waals surface area contributed by atoms with Crippen LogP contribution in [0.5, 0.6) is 0 Å². The first kappa shape index (κ1) is 13.5. The first-order valence-corrected chi connectivity index (χ1v) is 5.28. The largest absolute Gasteiger partial charge is 0.396 e. The maximum atomic E-state index is 9.14. The summed E-state index contributed by atoms with van der Waals surface area (Å²) in [5, 5.41) is 9.14. The molecule has 1 N–H and O–H groups in total. The van der Waals surface area contributed by atoms with Crippen LogP contribution in [0.25, 0.3) is 0 Å². The van der Waals surface area contributed by atoms with E-state index >= 15 is 0 Å². The van der Waals surface area contributed by atoms with E-state index in [1.807, 2.05) is 6.08 Å². The lowest BCUT2D eigenvalue weighted by molar-refractivity contribution is 0.131. The Balaban J connectivity index is 4.04. The highest BCUT2D eigenvalue weighted by molar-refractivity contribution is 4.85. The molecule has 0 amide bonds. The second-order valence-electron chi connectivity index (χ2n) is 5.60. The summed E-state index contributed by atoms with van der Waals surface area (Å²) in [5.41, 5.74) is 3.15. The van der Waals surface area contributed by atoms with Crippen molar-refractivity contribution in [3.05, 3.63) is 18.4 Å². The van der Waals surface area contributed by atoms with Gasteiger partial charge in [-0.2, -0.15) is 0 Å². The highest BCUT2D eigenvalue weighted by Crippen LogP contribution is 2.33. The van der Waals surface area contributed by atoms with E-state index in [1.54, 1.807) is 0 Å². The second kappa shape index (κ2) is 5.38. The molecule has 0 aliphatic rings. The molecule has 0 bridgehead atoms. The first-order chi connectivity index (χ1) is 6.33. The van der Waals surface area contributed by atoms with Crippen LogP contribution in [-0.4, -0.2) is 11.7 Å². The highest BCUT2D eigenvalue weighted by Gasteiger charge is 2.22. The number of aliphatic hydroxyl groups excluding tert-OH is 1. The van der Waals surface area contributed by atoms with Crippen molar-refractivity contribution in [2.75, 3.05) is 6.61 Å². The smallest absolute Gasteiger partial charge is 0.0482 e. The van der Waals surface area contributed by atoms with Crippen molar-refractivity contribution in [3.63, 3.8) is 0 Å². The molecule has 0 aliphatic carbocycles. The van der Waals surface area contributed by atoms with E-state index in [2.05, 4.69) is 40.0 Å². The van der Waals surface area contributed by atoms with Crippen molar-refractivity contribution in [3.8, 4) is 0 Å². The lowest BCUT2D eigenvalue weighted by Crippen LogP contribution is -2.21. The predicted molar refractivity (Wildman–Crippen MR) is 62.2 cm³/mol. The Morgan fingerprint density at radius 1 is 1.14 bits per heavy atom. The van der Waals surface area contributed by atoms with Gasteiger partial charge in [-0.1, -0.05) is 34.3 Å². The minimum atomic E-state index is 0.0508. The van der Waals surface area contributed by atoms with Crippen LogP contribution in [0.4, 0.5) is 0 Å². The Labute approximate surface area is 88.5 Å². The second-order valence-corrected chi connectivity index (χ2v) is 5.60. The molecule has 0 heterocycles. The highest BCUT2D eigenvalue weighted by atomic mass is 16.3. The summed E-state index contributed by atoms with van der Waals surface area (Å²) in [5.74, 6) is 0. The number of hydrogen-bond donors (Lipinski definition) is 1. The number of hydrogen-bond acceptors (Lipinski definition) is 1. The third-order valence-corrected chi connectivity index (χ3v) is 2.71. The van der Waals surface area contributed by atoms with Gasteiger partial charge in [0.05, 0.1) is 0 Å². The Kier molecular flexibility index (Phi) is 5.18. The summed E-state index contributed by atoms with van der Waals surface area (Å²) < 4.78 is 0. The maximum absolute atomic E-state index is 9.14. The van der Waals surface area contributed by atoms with Gasteiger partial charge in [0.1, 0.15) is 0 Å². The Morgan fingerprint density at radius 3 is 2.07 bits per heavy atom. The van der Waals surface area contributed by atoms with Crippen molar-refractivity contribution in [1.29, 1.82) is 0 Å². The van der Waals surface area contributed by atoms with E-state index in [9.17, 15) is 0 Å². The van der Waals surface area contributed by atoms with Gasteiger partial charge in [0.15, 0.2) is 0 Å². The molecule has 0 radical (unpaired) electrons. The first-order valence-electron chi connectivity index (χ1n) is 5.28. The van der Waals surface area contributed by atoms with Gasteiger partial charge in [-0.25, -0.2) is 0 Å². The zero-order valence-corrected chi connectivity index (χ0v) is 10.1. The van der Waals surface area contributed by atoms with Crippen LogP contribution in [0.1, 0.15) is 47.0 Å². The Hall–Kier alpha value is -0.520. The van der Waals surface area contributed by atoms with Crippen molar-refractivity contribution < 1.29 is 5.11 Å². The van der Waals surface area contributed by atoms with Crippen LogP contribution in [0, 0.1) is 10.8 Å². The summed E-state index contributed by atoms with van der Waals surface area (Å²) >= 11 is 0. The summed E-state index contributed by atoms with van der Waals surface area (Å²) in [7, 11) is 0. The maximum Gasteiger partial charge on any atom is 0.0482 e. The lowest BCUT2D eigenvalue weighted by atomic mass is 9.78. The van der Waals surface area contributed by atoms with Gasteiger partial charge >= 0.3 is 0 Å². The number of aliphatic hydroxyl groups is 1. The molecule has 0 spiro atoms. The van der Waals surface area contributed by atoms with Crippen LogP contribution in [0.2, 0.25) is 0 Å². The fourth-order valence-corrected chi connectivity index (χ4v) is 1.21. The monoisotopic (exact) mass is 196 g/mol. The fourth-order valence-electron chi connectivity index (χ4n) is 1.21. The van der Waals surface area contributed by atoms with Gasteiger partial charge < -0.3 is 5.11 Å². The fraction of sp³-hybridized carbons (Fsp3) is 0.769. The summed E-state index contributed by atoms with van der Waals surface area (Å²) in [6, 6.07) is 0. The molecule has 0 atom stereocenters. The average molecular weight is 196 g/mol.